The normalized spacial score (nSPS) is 17.7. The molecule has 1 aromatic heterocycles. The topological polar surface area (TPSA) is 68.1 Å². The van der Waals surface area contributed by atoms with Gasteiger partial charge in [0.25, 0.3) is 0 Å². The molecule has 0 bridgehead atoms. The van der Waals surface area contributed by atoms with Gasteiger partial charge >= 0.3 is 0 Å². The van der Waals surface area contributed by atoms with Crippen LogP contribution in [0.5, 0.6) is 0 Å². The molecule has 3 rings (SSSR count). The number of nitrogens with zero attached hydrogens (tertiary/aromatic N) is 4. The second-order valence-corrected chi connectivity index (χ2v) is 8.76. The monoisotopic (exact) mass is 448 g/mol. The number of sulfonamides is 1. The van der Waals surface area contributed by atoms with Crippen LogP contribution in [0.1, 0.15) is 18.9 Å². The van der Waals surface area contributed by atoms with E-state index in [2.05, 4.69) is 41.9 Å². The molecular weight excluding hydrogens is 436 g/mol. The maximum atomic E-state index is 12.8. The molecule has 0 atom stereocenters. The van der Waals surface area contributed by atoms with Gasteiger partial charge in [-0.15, -0.1) is 0 Å². The Bertz CT molecular complexity index is 756. The van der Waals surface area contributed by atoms with E-state index in [0.717, 1.165) is 17.3 Å². The molecule has 2 aromatic rings. The van der Waals surface area contributed by atoms with Gasteiger partial charge in [-0.2, -0.15) is 9.40 Å². The first-order valence-electron chi connectivity index (χ1n) is 6.78. The van der Waals surface area contributed by atoms with Gasteiger partial charge in [-0.05, 0) is 47.0 Å². The minimum absolute atomic E-state index is 0.210. The van der Waals surface area contributed by atoms with E-state index in [1.807, 2.05) is 0 Å². The zero-order chi connectivity index (χ0) is 15.7. The highest BCUT2D eigenvalue weighted by Gasteiger charge is 2.31. The average molecular weight is 450 g/mol. The van der Waals surface area contributed by atoms with Crippen molar-refractivity contribution in [2.75, 3.05) is 13.1 Å². The quantitative estimate of drug-likeness (QED) is 0.722. The number of benzene rings is 1. The predicted molar refractivity (Wildman–Crippen MR) is 88.9 cm³/mol. The Balaban J connectivity index is 1.77. The van der Waals surface area contributed by atoms with Crippen LogP contribution in [0.2, 0.25) is 0 Å². The van der Waals surface area contributed by atoms with Gasteiger partial charge in [0.05, 0.1) is 10.9 Å². The van der Waals surface area contributed by atoms with Gasteiger partial charge in [0.1, 0.15) is 12.7 Å². The van der Waals surface area contributed by atoms with E-state index in [1.165, 1.54) is 10.6 Å². The fourth-order valence-corrected chi connectivity index (χ4v) is 5.75. The van der Waals surface area contributed by atoms with Crippen LogP contribution in [0.4, 0.5) is 0 Å². The molecule has 118 valence electrons. The summed E-state index contributed by atoms with van der Waals surface area (Å²) in [7, 11) is -3.48. The minimum atomic E-state index is -3.48. The van der Waals surface area contributed by atoms with Crippen molar-refractivity contribution in [2.45, 2.75) is 23.8 Å². The van der Waals surface area contributed by atoms with Gasteiger partial charge in [0.15, 0.2) is 0 Å². The number of piperidine rings is 1. The molecule has 0 saturated carbocycles. The largest absolute Gasteiger partial charge is 0.250 e. The van der Waals surface area contributed by atoms with Gasteiger partial charge in [-0.3, -0.25) is 0 Å². The maximum absolute atomic E-state index is 12.8. The maximum Gasteiger partial charge on any atom is 0.244 e. The summed E-state index contributed by atoms with van der Waals surface area (Å²) in [5.41, 5.74) is 0. The molecule has 1 saturated heterocycles. The van der Waals surface area contributed by atoms with E-state index in [-0.39, 0.29) is 6.04 Å². The highest BCUT2D eigenvalue weighted by Crippen LogP contribution is 2.31. The summed E-state index contributed by atoms with van der Waals surface area (Å²) in [5, 5.41) is 4.13. The van der Waals surface area contributed by atoms with E-state index >= 15 is 0 Å². The highest BCUT2D eigenvalue weighted by molar-refractivity contribution is 9.11. The second-order valence-electron chi connectivity index (χ2n) is 5.09. The third-order valence-corrected chi connectivity index (χ3v) is 7.11. The summed E-state index contributed by atoms with van der Waals surface area (Å²) >= 11 is 6.67. The second kappa shape index (κ2) is 6.38. The van der Waals surface area contributed by atoms with Crippen molar-refractivity contribution in [2.24, 2.45) is 0 Å². The van der Waals surface area contributed by atoms with E-state index in [4.69, 9.17) is 0 Å². The number of aromatic nitrogens is 3. The van der Waals surface area contributed by atoms with Gasteiger partial charge in [0.2, 0.25) is 10.0 Å². The molecule has 0 N–H and O–H groups in total. The molecule has 1 fully saturated rings. The zero-order valence-corrected chi connectivity index (χ0v) is 15.6. The highest BCUT2D eigenvalue weighted by atomic mass is 79.9. The summed E-state index contributed by atoms with van der Waals surface area (Å²) in [4.78, 5) is 4.24. The fourth-order valence-electron chi connectivity index (χ4n) is 2.58. The molecule has 1 aromatic carbocycles. The van der Waals surface area contributed by atoms with Gasteiger partial charge in [0, 0.05) is 22.0 Å². The summed E-state index contributed by atoms with van der Waals surface area (Å²) in [5.74, 6) is 0. The number of hydrogen-bond donors (Lipinski definition) is 0. The van der Waals surface area contributed by atoms with Crippen molar-refractivity contribution in [1.29, 1.82) is 0 Å². The molecule has 0 amide bonds. The molecule has 2 heterocycles. The SMILES string of the molecule is O=S(=O)(c1ccc(Br)cc1Br)N1CCC(n2cncn2)CC1. The van der Waals surface area contributed by atoms with Crippen molar-refractivity contribution in [3.63, 3.8) is 0 Å². The molecule has 0 spiro atoms. The lowest BCUT2D eigenvalue weighted by Crippen LogP contribution is -2.39. The van der Waals surface area contributed by atoms with Gasteiger partial charge < -0.3 is 0 Å². The van der Waals surface area contributed by atoms with Crippen molar-refractivity contribution in [3.05, 3.63) is 39.8 Å². The summed E-state index contributed by atoms with van der Waals surface area (Å²) in [6.07, 6.45) is 4.65. The van der Waals surface area contributed by atoms with Crippen LogP contribution in [0, 0.1) is 0 Å². The lowest BCUT2D eigenvalue weighted by atomic mass is 10.1. The first kappa shape index (κ1) is 16.1. The number of halogens is 2. The molecular formula is C13H14Br2N4O2S. The Morgan fingerprint density at radius 1 is 1.18 bits per heavy atom. The average Bonchev–Trinajstić information content (AvgIpc) is 3.01. The minimum Gasteiger partial charge on any atom is -0.250 e. The lowest BCUT2D eigenvalue weighted by molar-refractivity contribution is 0.260. The van der Waals surface area contributed by atoms with Crippen molar-refractivity contribution < 1.29 is 8.42 Å². The Labute approximate surface area is 145 Å². The fraction of sp³-hybridized carbons (Fsp3) is 0.385. The van der Waals surface area contributed by atoms with Crippen LogP contribution in [-0.4, -0.2) is 40.6 Å². The number of hydrogen-bond acceptors (Lipinski definition) is 4. The van der Waals surface area contributed by atoms with Crippen LogP contribution >= 0.6 is 31.9 Å². The van der Waals surface area contributed by atoms with Crippen LogP contribution in [0.15, 0.2) is 44.7 Å². The first-order chi connectivity index (χ1) is 10.5. The van der Waals surface area contributed by atoms with E-state index in [9.17, 15) is 8.42 Å². The molecule has 0 unspecified atom stereocenters. The van der Waals surface area contributed by atoms with E-state index < -0.39 is 10.0 Å². The van der Waals surface area contributed by atoms with Crippen molar-refractivity contribution >= 4 is 41.9 Å². The summed E-state index contributed by atoms with van der Waals surface area (Å²) < 4.78 is 30.3. The standard InChI is InChI=1S/C13H14Br2N4O2S/c14-10-1-2-13(12(15)7-10)22(20,21)18-5-3-11(4-6-18)19-9-16-8-17-19/h1-2,7-9,11H,3-6H2. The lowest BCUT2D eigenvalue weighted by Gasteiger charge is -2.31. The van der Waals surface area contributed by atoms with Crippen molar-refractivity contribution in [3.8, 4) is 0 Å². The Kier molecular flexibility index (Phi) is 4.67. The van der Waals surface area contributed by atoms with Crippen LogP contribution in [0.3, 0.4) is 0 Å². The molecule has 6 nitrogen and oxygen atoms in total. The number of rotatable bonds is 3. The molecule has 0 radical (unpaired) electrons. The zero-order valence-electron chi connectivity index (χ0n) is 11.6. The van der Waals surface area contributed by atoms with Crippen LogP contribution in [0.25, 0.3) is 0 Å². The summed E-state index contributed by atoms with van der Waals surface area (Å²) in [6, 6.07) is 5.31. The van der Waals surface area contributed by atoms with Crippen molar-refractivity contribution in [1.82, 2.24) is 19.1 Å². The van der Waals surface area contributed by atoms with E-state index in [1.54, 1.807) is 29.2 Å². The van der Waals surface area contributed by atoms with Gasteiger partial charge in [-0.1, -0.05) is 15.9 Å². The first-order valence-corrected chi connectivity index (χ1v) is 9.80. The molecule has 9 heteroatoms. The predicted octanol–water partition coefficient (Wildman–Crippen LogP) is 2.83. The smallest absolute Gasteiger partial charge is 0.244 e. The molecule has 1 aliphatic heterocycles. The molecule has 1 aliphatic rings. The van der Waals surface area contributed by atoms with Crippen LogP contribution in [-0.2, 0) is 10.0 Å². The van der Waals surface area contributed by atoms with Gasteiger partial charge in [-0.25, -0.2) is 18.1 Å². The third kappa shape index (κ3) is 3.12. The van der Waals surface area contributed by atoms with Crippen LogP contribution < -0.4 is 0 Å². The Morgan fingerprint density at radius 3 is 2.50 bits per heavy atom. The summed E-state index contributed by atoms with van der Waals surface area (Å²) in [6.45, 7) is 0.963. The Hall–Kier alpha value is -0.770. The molecule has 22 heavy (non-hydrogen) atoms. The Morgan fingerprint density at radius 2 is 1.91 bits per heavy atom. The third-order valence-electron chi connectivity index (χ3n) is 3.75. The van der Waals surface area contributed by atoms with E-state index in [0.29, 0.717) is 22.5 Å². The molecule has 0 aliphatic carbocycles.